The van der Waals surface area contributed by atoms with Gasteiger partial charge in [-0.05, 0) is 12.8 Å². The lowest BCUT2D eigenvalue weighted by atomic mass is 10.3. The van der Waals surface area contributed by atoms with Crippen LogP contribution in [0, 0.1) is 0 Å². The van der Waals surface area contributed by atoms with Crippen molar-refractivity contribution in [2.45, 2.75) is 12.8 Å². The summed E-state index contributed by atoms with van der Waals surface area (Å²) in [6.45, 7) is 1.44. The van der Waals surface area contributed by atoms with Crippen LogP contribution in [-0.2, 0) is 0 Å². The van der Waals surface area contributed by atoms with Crippen molar-refractivity contribution in [1.82, 2.24) is 24.5 Å². The van der Waals surface area contributed by atoms with Gasteiger partial charge < -0.3 is 9.64 Å². The van der Waals surface area contributed by atoms with Crippen LogP contribution in [0.15, 0.2) is 29.5 Å². The third kappa shape index (κ3) is 2.32. The average molecular weight is 312 g/mol. The van der Waals surface area contributed by atoms with E-state index in [1.807, 2.05) is 11.9 Å². The van der Waals surface area contributed by atoms with E-state index in [2.05, 4.69) is 19.9 Å². The van der Waals surface area contributed by atoms with Crippen LogP contribution >= 0.6 is 0 Å². The molecule has 1 aliphatic heterocycles. The summed E-state index contributed by atoms with van der Waals surface area (Å²) in [5.74, 6) is 1.80. The number of aromatic nitrogens is 5. The summed E-state index contributed by atoms with van der Waals surface area (Å²) < 4.78 is 7.33. The number of pyridine rings is 1. The summed E-state index contributed by atoms with van der Waals surface area (Å²) in [5, 5.41) is 0. The van der Waals surface area contributed by atoms with E-state index < -0.39 is 0 Å². The van der Waals surface area contributed by atoms with Gasteiger partial charge in [0.25, 0.3) is 0 Å². The largest absolute Gasteiger partial charge is 0.491 e. The summed E-state index contributed by atoms with van der Waals surface area (Å²) in [6.07, 6.45) is 6.78. The number of fused-ring (bicyclic) bond motifs is 3. The van der Waals surface area contributed by atoms with Gasteiger partial charge in [-0.1, -0.05) is 0 Å². The Morgan fingerprint density at radius 2 is 2.13 bits per heavy atom. The van der Waals surface area contributed by atoms with Gasteiger partial charge in [-0.25, -0.2) is 19.3 Å². The van der Waals surface area contributed by atoms with Crippen molar-refractivity contribution in [2.24, 2.45) is 0 Å². The number of rotatable bonds is 0. The van der Waals surface area contributed by atoms with Crippen molar-refractivity contribution in [2.75, 3.05) is 25.1 Å². The molecule has 0 spiro atoms. The van der Waals surface area contributed by atoms with Gasteiger partial charge in [0.1, 0.15) is 17.1 Å². The number of hydrogen-bond donors (Lipinski definition) is 1. The van der Waals surface area contributed by atoms with Crippen LogP contribution in [0.3, 0.4) is 0 Å². The van der Waals surface area contributed by atoms with Crippen molar-refractivity contribution in [3.05, 3.63) is 35.1 Å². The second-order valence-electron chi connectivity index (χ2n) is 5.48. The first kappa shape index (κ1) is 13.7. The summed E-state index contributed by atoms with van der Waals surface area (Å²) in [4.78, 5) is 30.2. The summed E-state index contributed by atoms with van der Waals surface area (Å²) in [6, 6.07) is 1.77. The van der Waals surface area contributed by atoms with E-state index >= 15 is 0 Å². The summed E-state index contributed by atoms with van der Waals surface area (Å²) in [5.41, 5.74) is 0.756. The zero-order chi connectivity index (χ0) is 15.8. The van der Waals surface area contributed by atoms with Gasteiger partial charge in [0.05, 0.1) is 19.0 Å². The zero-order valence-corrected chi connectivity index (χ0v) is 12.7. The molecule has 0 atom stereocenters. The summed E-state index contributed by atoms with van der Waals surface area (Å²) >= 11 is 0. The number of hydrogen-bond acceptors (Lipinski definition) is 6. The molecule has 0 fully saturated rings. The van der Waals surface area contributed by atoms with E-state index in [1.165, 1.54) is 4.57 Å². The Morgan fingerprint density at radius 3 is 3.04 bits per heavy atom. The molecule has 1 N–H and O–H groups in total. The van der Waals surface area contributed by atoms with E-state index in [4.69, 9.17) is 4.74 Å². The Labute approximate surface area is 131 Å². The van der Waals surface area contributed by atoms with E-state index in [0.717, 1.165) is 25.2 Å². The molecule has 0 radical (unpaired) electrons. The fraction of sp³-hybridized carbons (Fsp3) is 0.333. The number of ether oxygens (including phenoxy) is 1. The maximum Gasteiger partial charge on any atom is 0.333 e. The molecular weight excluding hydrogens is 296 g/mol. The molecule has 3 aromatic heterocycles. The Bertz CT molecular complexity index is 916. The first-order valence-corrected chi connectivity index (χ1v) is 7.50. The highest BCUT2D eigenvalue weighted by Crippen LogP contribution is 2.25. The molecule has 118 valence electrons. The van der Waals surface area contributed by atoms with Crippen LogP contribution in [0.2, 0.25) is 0 Å². The normalized spacial score (nSPS) is 14.9. The van der Waals surface area contributed by atoms with Gasteiger partial charge in [0.2, 0.25) is 0 Å². The van der Waals surface area contributed by atoms with Crippen molar-refractivity contribution in [3.8, 4) is 11.6 Å². The molecule has 8 heteroatoms. The van der Waals surface area contributed by atoms with E-state index in [1.54, 1.807) is 24.7 Å². The third-order valence-electron chi connectivity index (χ3n) is 3.91. The quantitative estimate of drug-likeness (QED) is 0.669. The fourth-order valence-corrected chi connectivity index (χ4v) is 2.72. The van der Waals surface area contributed by atoms with Gasteiger partial charge in [0, 0.05) is 25.9 Å². The lowest BCUT2D eigenvalue weighted by Gasteiger charge is -2.19. The number of anilines is 1. The zero-order valence-electron chi connectivity index (χ0n) is 12.7. The maximum atomic E-state index is 12.4. The lowest BCUT2D eigenvalue weighted by molar-refractivity contribution is 0.309. The van der Waals surface area contributed by atoms with Crippen LogP contribution in [0.25, 0.3) is 17.0 Å². The first-order chi connectivity index (χ1) is 11.2. The van der Waals surface area contributed by atoms with Crippen LogP contribution in [-0.4, -0.2) is 44.7 Å². The Morgan fingerprint density at radius 1 is 1.26 bits per heavy atom. The fourth-order valence-electron chi connectivity index (χ4n) is 2.72. The van der Waals surface area contributed by atoms with Crippen LogP contribution < -0.4 is 15.3 Å². The Hall–Kier alpha value is -2.90. The SMILES string of the molecule is CN1CCCCOc2ccnc3[nH]c(=O)n(c23)-c2cncc1n2. The number of aromatic amines is 1. The van der Waals surface area contributed by atoms with E-state index in [9.17, 15) is 4.79 Å². The minimum Gasteiger partial charge on any atom is -0.491 e. The van der Waals surface area contributed by atoms with Crippen molar-refractivity contribution in [3.63, 3.8) is 0 Å². The average Bonchev–Trinajstić information content (AvgIpc) is 2.90. The van der Waals surface area contributed by atoms with Gasteiger partial charge in [-0.2, -0.15) is 0 Å². The smallest absolute Gasteiger partial charge is 0.333 e. The number of H-pyrrole nitrogens is 1. The molecule has 0 saturated heterocycles. The molecule has 1 aliphatic rings. The van der Waals surface area contributed by atoms with Crippen LogP contribution in [0.1, 0.15) is 12.8 Å². The lowest BCUT2D eigenvalue weighted by Crippen LogP contribution is -2.23. The minimum atomic E-state index is -0.310. The minimum absolute atomic E-state index is 0.310. The van der Waals surface area contributed by atoms with Gasteiger partial charge in [0.15, 0.2) is 11.5 Å². The standard InChI is InChI=1S/C15H16N6O2/c1-20-6-2-3-7-23-10-4-5-17-14-13(10)21(15(22)19-14)12-9-16-8-11(20)18-12/h4-5,8-9H,2-3,6-7H2,1H3,(H,17,19,22). The predicted octanol–water partition coefficient (Wildman–Crippen LogP) is 1.11. The monoisotopic (exact) mass is 312 g/mol. The molecule has 3 aromatic rings. The second-order valence-corrected chi connectivity index (χ2v) is 5.48. The third-order valence-corrected chi connectivity index (χ3v) is 3.91. The van der Waals surface area contributed by atoms with Crippen molar-refractivity contribution >= 4 is 17.0 Å². The van der Waals surface area contributed by atoms with Crippen LogP contribution in [0.5, 0.6) is 5.75 Å². The molecular formula is C15H16N6O2. The molecule has 0 aliphatic carbocycles. The highest BCUT2D eigenvalue weighted by Gasteiger charge is 2.17. The highest BCUT2D eigenvalue weighted by atomic mass is 16.5. The molecule has 0 amide bonds. The molecule has 23 heavy (non-hydrogen) atoms. The van der Waals surface area contributed by atoms with Gasteiger partial charge in [-0.15, -0.1) is 0 Å². The number of imidazole rings is 1. The highest BCUT2D eigenvalue weighted by molar-refractivity contribution is 5.79. The Balaban J connectivity index is 2.01. The molecule has 0 unspecified atom stereocenters. The van der Waals surface area contributed by atoms with Gasteiger partial charge in [-0.3, -0.25) is 9.97 Å². The Kier molecular flexibility index (Phi) is 3.22. The summed E-state index contributed by atoms with van der Waals surface area (Å²) in [7, 11) is 1.96. The topological polar surface area (TPSA) is 88.9 Å². The van der Waals surface area contributed by atoms with Crippen LogP contribution in [0.4, 0.5) is 5.82 Å². The maximum absolute atomic E-state index is 12.4. The van der Waals surface area contributed by atoms with Gasteiger partial charge >= 0.3 is 5.69 Å². The number of nitrogens with zero attached hydrogens (tertiary/aromatic N) is 5. The molecule has 0 saturated carbocycles. The van der Waals surface area contributed by atoms with Crippen molar-refractivity contribution < 1.29 is 4.74 Å². The molecule has 4 heterocycles. The number of nitrogens with one attached hydrogen (secondary N) is 1. The van der Waals surface area contributed by atoms with E-state index in [-0.39, 0.29) is 5.69 Å². The molecule has 8 nitrogen and oxygen atoms in total. The van der Waals surface area contributed by atoms with E-state index in [0.29, 0.717) is 29.3 Å². The molecule has 0 aromatic carbocycles. The molecule has 4 rings (SSSR count). The first-order valence-electron chi connectivity index (χ1n) is 7.50. The predicted molar refractivity (Wildman–Crippen MR) is 85.3 cm³/mol. The van der Waals surface area contributed by atoms with Crippen molar-refractivity contribution in [1.29, 1.82) is 0 Å². The second kappa shape index (κ2) is 5.38. The molecule has 2 bridgehead atoms.